The fourth-order valence-electron chi connectivity index (χ4n) is 3.10. The minimum absolute atomic E-state index is 0. The third-order valence-corrected chi connectivity index (χ3v) is 4.56. The summed E-state index contributed by atoms with van der Waals surface area (Å²) in [6.45, 7) is 0. The average Bonchev–Trinajstić information content (AvgIpc) is 3.33. The van der Waals surface area contributed by atoms with Gasteiger partial charge in [0.05, 0.1) is 10.4 Å². The van der Waals surface area contributed by atoms with Crippen molar-refractivity contribution in [3.63, 3.8) is 0 Å². The van der Waals surface area contributed by atoms with E-state index in [-0.39, 0.29) is 17.1 Å². The summed E-state index contributed by atoms with van der Waals surface area (Å²) >= 11 is 6.38. The number of aromatic nitrogens is 4. The van der Waals surface area contributed by atoms with Gasteiger partial charge in [-0.15, -0.1) is 0 Å². The normalized spacial score (nSPS) is 12.2. The molecule has 0 aromatic carbocycles. The standard InChI is InChI=1S/C20H15ClN4.Fe/c21-19-10-18-9-16-4-3-14(23-16)7-12-1-2-13(22-12)8-15-5-6-17(24-15)11-20(19)25-18;/h1-11,22-25H;/q;+3. The van der Waals surface area contributed by atoms with Crippen LogP contribution in [-0.4, -0.2) is 19.9 Å². The molecule has 0 aliphatic carbocycles. The van der Waals surface area contributed by atoms with E-state index in [0.717, 1.165) is 44.2 Å². The molecule has 4 nitrogen and oxygen atoms in total. The van der Waals surface area contributed by atoms with Crippen LogP contribution in [0, 0.1) is 0 Å². The molecule has 0 atom stereocenters. The predicted molar refractivity (Wildman–Crippen MR) is 101 cm³/mol. The number of rotatable bonds is 0. The van der Waals surface area contributed by atoms with Gasteiger partial charge in [0.25, 0.3) is 0 Å². The summed E-state index contributed by atoms with van der Waals surface area (Å²) in [5.41, 5.74) is 4.08. The zero-order valence-corrected chi connectivity index (χ0v) is 15.4. The Hall–Kier alpha value is -2.59. The molecule has 5 heterocycles. The summed E-state index contributed by atoms with van der Waals surface area (Å²) in [6.07, 6.45) is 8.22. The number of nitrogens with one attached hydrogen (secondary N) is 4. The van der Waals surface area contributed by atoms with Gasteiger partial charge in [-0.3, -0.25) is 0 Å². The molecule has 8 bridgehead atoms. The Morgan fingerprint density at radius 3 is 1.62 bits per heavy atom. The monoisotopic (exact) mass is 402 g/mol. The van der Waals surface area contributed by atoms with Crippen LogP contribution < -0.4 is 21.4 Å². The van der Waals surface area contributed by atoms with Crippen LogP contribution in [0.2, 0.25) is 5.02 Å². The van der Waals surface area contributed by atoms with E-state index in [1.54, 1.807) is 0 Å². The summed E-state index contributed by atoms with van der Waals surface area (Å²) < 4.78 is 0. The van der Waals surface area contributed by atoms with Crippen LogP contribution in [0.15, 0.2) is 42.5 Å². The first-order chi connectivity index (χ1) is 12.2. The molecule has 0 amide bonds. The number of halogens is 1. The predicted octanol–water partition coefficient (Wildman–Crippen LogP) is 1.28. The first-order valence-electron chi connectivity index (χ1n) is 8.06. The maximum absolute atomic E-state index is 6.38. The zero-order valence-electron chi connectivity index (χ0n) is 13.6. The first-order valence-corrected chi connectivity index (χ1v) is 8.44. The fourth-order valence-corrected chi connectivity index (χ4v) is 3.32. The van der Waals surface area contributed by atoms with E-state index < -0.39 is 0 Å². The smallest absolute Gasteiger partial charge is 0.355 e. The largest absolute Gasteiger partial charge is 3.00 e. The molecule has 0 unspecified atom stereocenters. The third-order valence-electron chi connectivity index (χ3n) is 4.24. The van der Waals surface area contributed by atoms with E-state index in [4.69, 9.17) is 11.6 Å². The van der Waals surface area contributed by atoms with Gasteiger partial charge in [0, 0.05) is 38.8 Å². The van der Waals surface area contributed by atoms with Crippen molar-refractivity contribution in [2.24, 2.45) is 0 Å². The molecular weight excluding hydrogens is 388 g/mol. The molecule has 4 N–H and O–H groups in total. The fraction of sp³-hybridized carbons (Fsp3) is 0. The molecule has 127 valence electrons. The molecule has 0 fully saturated rings. The van der Waals surface area contributed by atoms with Crippen LogP contribution in [0.1, 0.15) is 22.8 Å². The SMILES string of the molecule is Clc1cc2[nH]c1=Cc1ccc([nH]1)C=c1ccc([nH]1)=Cc1ccc([nH]1)C=2.[Fe+3]. The number of aromatic amines is 4. The van der Waals surface area contributed by atoms with Gasteiger partial charge >= 0.3 is 17.1 Å². The van der Waals surface area contributed by atoms with Crippen molar-refractivity contribution < 1.29 is 17.1 Å². The van der Waals surface area contributed by atoms with Gasteiger partial charge in [-0.25, -0.2) is 0 Å². The number of hydrogen-bond donors (Lipinski definition) is 4. The quantitative estimate of drug-likeness (QED) is 0.282. The maximum Gasteiger partial charge on any atom is 3.00 e. The second kappa shape index (κ2) is 6.61. The number of fused-ring (bicyclic) bond motifs is 8. The van der Waals surface area contributed by atoms with Crippen molar-refractivity contribution >= 4 is 35.9 Å². The second-order valence-corrected chi connectivity index (χ2v) is 6.58. The van der Waals surface area contributed by atoms with Crippen molar-refractivity contribution in [2.75, 3.05) is 0 Å². The van der Waals surface area contributed by atoms with Gasteiger partial charge in [0.15, 0.2) is 0 Å². The minimum Gasteiger partial charge on any atom is -0.355 e. The van der Waals surface area contributed by atoms with Crippen LogP contribution in [0.3, 0.4) is 0 Å². The van der Waals surface area contributed by atoms with E-state index in [1.807, 2.05) is 24.3 Å². The molecule has 0 saturated carbocycles. The molecule has 1 aliphatic heterocycles. The Morgan fingerprint density at radius 1 is 0.538 bits per heavy atom. The molecule has 26 heavy (non-hydrogen) atoms. The molecule has 1 aliphatic rings. The van der Waals surface area contributed by atoms with Crippen molar-refractivity contribution in [1.82, 2.24) is 19.9 Å². The minimum atomic E-state index is 0. The van der Waals surface area contributed by atoms with Gasteiger partial charge < -0.3 is 19.9 Å². The molecule has 6 heteroatoms. The summed E-state index contributed by atoms with van der Waals surface area (Å²) in [7, 11) is 0. The van der Waals surface area contributed by atoms with Gasteiger partial charge in [0.2, 0.25) is 0 Å². The van der Waals surface area contributed by atoms with Crippen molar-refractivity contribution in [2.45, 2.75) is 0 Å². The topological polar surface area (TPSA) is 63.2 Å². The van der Waals surface area contributed by atoms with Crippen LogP contribution in [0.4, 0.5) is 0 Å². The summed E-state index contributed by atoms with van der Waals surface area (Å²) in [4.78, 5) is 13.5. The maximum atomic E-state index is 6.38. The van der Waals surface area contributed by atoms with E-state index >= 15 is 0 Å². The summed E-state index contributed by atoms with van der Waals surface area (Å²) in [5, 5.41) is 4.63. The molecular formula is C20H15ClFeN4+3. The average molecular weight is 403 g/mol. The van der Waals surface area contributed by atoms with Crippen LogP contribution in [0.25, 0.3) is 24.3 Å². The van der Waals surface area contributed by atoms with Crippen molar-refractivity contribution in [3.8, 4) is 0 Å². The van der Waals surface area contributed by atoms with Gasteiger partial charge in [-0.1, -0.05) is 11.6 Å². The van der Waals surface area contributed by atoms with Crippen LogP contribution in [-0.2, 0) is 17.1 Å². The molecule has 1 radical (unpaired) electrons. The molecule has 4 aromatic heterocycles. The Labute approximate surface area is 164 Å². The Morgan fingerprint density at radius 2 is 1.04 bits per heavy atom. The van der Waals surface area contributed by atoms with Crippen LogP contribution >= 0.6 is 11.6 Å². The Bertz CT molecular complexity index is 1320. The van der Waals surface area contributed by atoms with Crippen molar-refractivity contribution in [3.05, 3.63) is 91.7 Å². The van der Waals surface area contributed by atoms with Gasteiger partial charge in [-0.2, -0.15) is 0 Å². The third kappa shape index (κ3) is 3.25. The van der Waals surface area contributed by atoms with E-state index in [1.165, 1.54) is 0 Å². The number of H-pyrrole nitrogens is 4. The molecule has 0 spiro atoms. The van der Waals surface area contributed by atoms with E-state index in [0.29, 0.717) is 5.02 Å². The van der Waals surface area contributed by atoms with Crippen LogP contribution in [0.5, 0.6) is 0 Å². The molecule has 5 rings (SSSR count). The van der Waals surface area contributed by atoms with Gasteiger partial charge in [-0.05, 0) is 66.8 Å². The van der Waals surface area contributed by atoms with E-state index in [2.05, 4.69) is 62.4 Å². The Balaban J connectivity index is 0.00000168. The molecule has 0 saturated heterocycles. The Kier molecular flexibility index (Phi) is 4.29. The summed E-state index contributed by atoms with van der Waals surface area (Å²) in [5.74, 6) is 0. The zero-order chi connectivity index (χ0) is 16.8. The first kappa shape index (κ1) is 16.9. The molecule has 4 aromatic rings. The second-order valence-electron chi connectivity index (χ2n) is 6.17. The van der Waals surface area contributed by atoms with Crippen molar-refractivity contribution in [1.29, 1.82) is 0 Å². The van der Waals surface area contributed by atoms with E-state index in [9.17, 15) is 0 Å². The summed E-state index contributed by atoms with van der Waals surface area (Å²) in [6, 6.07) is 14.3. The number of hydrogen-bond acceptors (Lipinski definition) is 0. The van der Waals surface area contributed by atoms with Gasteiger partial charge in [0.1, 0.15) is 0 Å².